The predicted octanol–water partition coefficient (Wildman–Crippen LogP) is 4.53. The van der Waals surface area contributed by atoms with Gasteiger partial charge in [-0.15, -0.1) is 0 Å². The monoisotopic (exact) mass is 329 g/mol. The maximum absolute atomic E-state index is 11.9. The van der Waals surface area contributed by atoms with E-state index in [0.717, 1.165) is 24.3 Å². The van der Waals surface area contributed by atoms with Gasteiger partial charge in [0.25, 0.3) is 0 Å². The van der Waals surface area contributed by atoms with E-state index >= 15 is 0 Å². The van der Waals surface area contributed by atoms with Gasteiger partial charge in [0, 0.05) is 13.1 Å². The Morgan fingerprint density at radius 2 is 1.87 bits per heavy atom. The molecular formula is C19H20ClNO2. The van der Waals surface area contributed by atoms with Crippen LogP contribution in [0, 0.1) is 0 Å². The number of benzene rings is 2. The highest BCUT2D eigenvalue weighted by Crippen LogP contribution is 2.35. The number of nitrogens with zero attached hydrogens (tertiary/aromatic N) is 1. The summed E-state index contributed by atoms with van der Waals surface area (Å²) in [5, 5.41) is 0.673. The van der Waals surface area contributed by atoms with Crippen LogP contribution in [0.1, 0.15) is 36.5 Å². The van der Waals surface area contributed by atoms with Crippen LogP contribution in [0.25, 0.3) is 0 Å². The van der Waals surface area contributed by atoms with Crippen LogP contribution in [0.3, 0.4) is 0 Å². The molecule has 4 heteroatoms. The molecule has 0 N–H and O–H groups in total. The van der Waals surface area contributed by atoms with E-state index in [-0.39, 0.29) is 11.9 Å². The van der Waals surface area contributed by atoms with Gasteiger partial charge in [-0.1, -0.05) is 41.9 Å². The topological polar surface area (TPSA) is 29.5 Å². The Labute approximate surface area is 141 Å². The Balaban J connectivity index is 1.80. The second-order valence-corrected chi connectivity index (χ2v) is 6.22. The number of carbonyl (C=O) groups is 1. The van der Waals surface area contributed by atoms with E-state index in [4.69, 9.17) is 16.3 Å². The van der Waals surface area contributed by atoms with Crippen LogP contribution in [0.2, 0.25) is 5.02 Å². The zero-order valence-electron chi connectivity index (χ0n) is 13.4. The minimum Gasteiger partial charge on any atom is -0.466 e. The van der Waals surface area contributed by atoms with E-state index in [1.54, 1.807) is 0 Å². The maximum atomic E-state index is 11.9. The van der Waals surface area contributed by atoms with Crippen molar-refractivity contribution in [1.29, 1.82) is 0 Å². The molecule has 1 heterocycles. The van der Waals surface area contributed by atoms with Gasteiger partial charge in [0.15, 0.2) is 0 Å². The summed E-state index contributed by atoms with van der Waals surface area (Å²) in [6, 6.07) is 14.3. The number of ether oxygens (including phenoxy) is 1. The molecule has 0 aliphatic carbocycles. The molecule has 0 saturated carbocycles. The standard InChI is InChI=1S/C19H20ClNO2/c1-3-23-19(22)13(2)14-8-9-18(17(20)10-14)21-11-15-6-4-5-7-16(15)12-21/h4-10,13H,3,11-12H2,1-2H3. The molecule has 0 spiro atoms. The molecule has 3 nitrogen and oxygen atoms in total. The van der Waals surface area contributed by atoms with Gasteiger partial charge in [-0.05, 0) is 42.7 Å². The van der Waals surface area contributed by atoms with Crippen LogP contribution in [-0.2, 0) is 22.6 Å². The van der Waals surface area contributed by atoms with Gasteiger partial charge in [-0.25, -0.2) is 0 Å². The minimum atomic E-state index is -0.308. The molecule has 0 aromatic heterocycles. The summed E-state index contributed by atoms with van der Waals surface area (Å²) < 4.78 is 5.08. The molecule has 2 aromatic rings. The van der Waals surface area contributed by atoms with Crippen LogP contribution < -0.4 is 4.90 Å². The zero-order chi connectivity index (χ0) is 16.4. The number of carbonyl (C=O) groups excluding carboxylic acids is 1. The number of halogens is 1. The van der Waals surface area contributed by atoms with Crippen molar-refractivity contribution in [3.63, 3.8) is 0 Å². The van der Waals surface area contributed by atoms with Crippen molar-refractivity contribution in [3.05, 3.63) is 64.2 Å². The molecule has 0 saturated heterocycles. The summed E-state index contributed by atoms with van der Waals surface area (Å²) in [4.78, 5) is 14.1. The number of fused-ring (bicyclic) bond motifs is 1. The lowest BCUT2D eigenvalue weighted by Gasteiger charge is -2.20. The van der Waals surface area contributed by atoms with Crippen molar-refractivity contribution >= 4 is 23.3 Å². The molecule has 23 heavy (non-hydrogen) atoms. The molecule has 0 amide bonds. The first-order valence-electron chi connectivity index (χ1n) is 7.88. The van der Waals surface area contributed by atoms with Crippen LogP contribution in [-0.4, -0.2) is 12.6 Å². The van der Waals surface area contributed by atoms with Crippen LogP contribution >= 0.6 is 11.6 Å². The number of rotatable bonds is 4. The van der Waals surface area contributed by atoms with Crippen LogP contribution in [0.15, 0.2) is 42.5 Å². The van der Waals surface area contributed by atoms with Crippen molar-refractivity contribution in [3.8, 4) is 0 Å². The van der Waals surface area contributed by atoms with Crippen molar-refractivity contribution < 1.29 is 9.53 Å². The maximum Gasteiger partial charge on any atom is 0.313 e. The lowest BCUT2D eigenvalue weighted by Crippen LogP contribution is -2.16. The number of hydrogen-bond donors (Lipinski definition) is 0. The highest BCUT2D eigenvalue weighted by atomic mass is 35.5. The number of hydrogen-bond acceptors (Lipinski definition) is 3. The predicted molar refractivity (Wildman–Crippen MR) is 92.8 cm³/mol. The Morgan fingerprint density at radius 3 is 2.43 bits per heavy atom. The third-order valence-corrected chi connectivity index (χ3v) is 4.60. The molecule has 1 aliphatic heterocycles. The molecule has 0 radical (unpaired) electrons. The fourth-order valence-electron chi connectivity index (χ4n) is 2.96. The molecule has 2 aromatic carbocycles. The molecule has 120 valence electrons. The Morgan fingerprint density at radius 1 is 1.22 bits per heavy atom. The molecule has 3 rings (SSSR count). The first kappa shape index (κ1) is 15.9. The second-order valence-electron chi connectivity index (χ2n) is 5.81. The van der Waals surface area contributed by atoms with E-state index in [1.165, 1.54) is 11.1 Å². The highest BCUT2D eigenvalue weighted by Gasteiger charge is 2.22. The fourth-order valence-corrected chi connectivity index (χ4v) is 3.26. The summed E-state index contributed by atoms with van der Waals surface area (Å²) in [7, 11) is 0. The Hall–Kier alpha value is -2.00. The van der Waals surface area contributed by atoms with E-state index in [1.807, 2.05) is 32.0 Å². The molecule has 1 unspecified atom stereocenters. The van der Waals surface area contributed by atoms with E-state index in [9.17, 15) is 4.79 Å². The smallest absolute Gasteiger partial charge is 0.313 e. The van der Waals surface area contributed by atoms with Crippen molar-refractivity contribution in [1.82, 2.24) is 0 Å². The second kappa shape index (κ2) is 6.63. The summed E-state index contributed by atoms with van der Waals surface area (Å²) in [6.07, 6.45) is 0. The van der Waals surface area contributed by atoms with Crippen LogP contribution in [0.4, 0.5) is 5.69 Å². The van der Waals surface area contributed by atoms with Gasteiger partial charge in [0.2, 0.25) is 0 Å². The largest absolute Gasteiger partial charge is 0.466 e. The summed E-state index contributed by atoms with van der Waals surface area (Å²) in [6.45, 7) is 5.77. The third-order valence-electron chi connectivity index (χ3n) is 4.29. The van der Waals surface area contributed by atoms with Crippen LogP contribution in [0.5, 0.6) is 0 Å². The third kappa shape index (κ3) is 3.20. The molecule has 1 atom stereocenters. The zero-order valence-corrected chi connectivity index (χ0v) is 14.1. The average Bonchev–Trinajstić information content (AvgIpc) is 2.97. The Bertz CT molecular complexity index is 704. The van der Waals surface area contributed by atoms with Crippen molar-refractivity contribution in [2.24, 2.45) is 0 Å². The first-order valence-corrected chi connectivity index (χ1v) is 8.25. The number of anilines is 1. The van der Waals surface area contributed by atoms with Crippen molar-refractivity contribution in [2.75, 3.05) is 11.5 Å². The van der Waals surface area contributed by atoms with Gasteiger partial charge in [0.05, 0.1) is 23.2 Å². The quantitative estimate of drug-likeness (QED) is 0.772. The molecule has 0 bridgehead atoms. The fraction of sp³-hybridized carbons (Fsp3) is 0.316. The van der Waals surface area contributed by atoms with Crippen molar-refractivity contribution in [2.45, 2.75) is 32.9 Å². The lowest BCUT2D eigenvalue weighted by molar-refractivity contribution is -0.144. The summed E-state index contributed by atoms with van der Waals surface area (Å²) >= 11 is 6.48. The minimum absolute atomic E-state index is 0.218. The van der Waals surface area contributed by atoms with E-state index in [2.05, 4.69) is 29.2 Å². The summed E-state index contributed by atoms with van der Waals surface area (Å²) in [5.41, 5.74) is 4.57. The van der Waals surface area contributed by atoms with Gasteiger partial charge in [-0.2, -0.15) is 0 Å². The van der Waals surface area contributed by atoms with E-state index in [0.29, 0.717) is 11.6 Å². The molecule has 1 aliphatic rings. The Kier molecular flexibility index (Phi) is 4.58. The summed E-state index contributed by atoms with van der Waals surface area (Å²) in [5.74, 6) is -0.526. The lowest BCUT2D eigenvalue weighted by atomic mass is 10.0. The molecule has 0 fully saturated rings. The van der Waals surface area contributed by atoms with Gasteiger partial charge in [-0.3, -0.25) is 4.79 Å². The highest BCUT2D eigenvalue weighted by molar-refractivity contribution is 6.33. The van der Waals surface area contributed by atoms with E-state index < -0.39 is 0 Å². The normalized spacial score (nSPS) is 14.5. The molecular weight excluding hydrogens is 310 g/mol. The SMILES string of the molecule is CCOC(=O)C(C)c1ccc(N2Cc3ccccc3C2)c(Cl)c1. The van der Waals surface area contributed by atoms with Gasteiger partial charge in [0.1, 0.15) is 0 Å². The van der Waals surface area contributed by atoms with Gasteiger partial charge >= 0.3 is 5.97 Å². The number of esters is 1. The first-order chi connectivity index (χ1) is 11.1. The van der Waals surface area contributed by atoms with Gasteiger partial charge < -0.3 is 9.64 Å². The average molecular weight is 330 g/mol.